The van der Waals surface area contributed by atoms with Crippen LogP contribution in [0.5, 0.6) is 0 Å². The van der Waals surface area contributed by atoms with Crippen LogP contribution in [0.4, 0.5) is 17.6 Å². The summed E-state index contributed by atoms with van der Waals surface area (Å²) < 4.78 is 53.5. The highest BCUT2D eigenvalue weighted by Gasteiger charge is 2.62. The molecule has 1 aliphatic carbocycles. The molecule has 3 unspecified atom stereocenters. The predicted molar refractivity (Wildman–Crippen MR) is 68.7 cm³/mol. The van der Waals surface area contributed by atoms with Crippen LogP contribution in [0.25, 0.3) is 0 Å². The molecule has 1 fully saturated rings. The van der Waals surface area contributed by atoms with Crippen molar-refractivity contribution < 1.29 is 32.3 Å². The lowest BCUT2D eigenvalue weighted by molar-refractivity contribution is -0.226. The number of aliphatic carboxylic acids is 1. The van der Waals surface area contributed by atoms with Gasteiger partial charge in [0.1, 0.15) is 12.0 Å². The zero-order chi connectivity index (χ0) is 16.5. The normalized spacial score (nSPS) is 32.1. The maximum Gasteiger partial charge on any atom is 0.427 e. The van der Waals surface area contributed by atoms with E-state index in [2.05, 4.69) is 0 Å². The lowest BCUT2D eigenvalue weighted by Crippen LogP contribution is -2.57. The number of nitrogens with zero attached hydrogens (tertiary/aromatic N) is 1. The molecule has 22 heavy (non-hydrogen) atoms. The van der Waals surface area contributed by atoms with Gasteiger partial charge in [0, 0.05) is 6.54 Å². The molecule has 0 aromatic carbocycles. The fourth-order valence-corrected chi connectivity index (χ4v) is 2.78. The Bertz CT molecular complexity index is 529. The highest BCUT2D eigenvalue weighted by atomic mass is 19.4. The Balaban J connectivity index is 2.32. The molecule has 0 saturated carbocycles. The van der Waals surface area contributed by atoms with E-state index in [1.165, 1.54) is 0 Å². The van der Waals surface area contributed by atoms with Crippen LogP contribution in [0.3, 0.4) is 0 Å². The van der Waals surface area contributed by atoms with Crippen LogP contribution in [0.1, 0.15) is 19.3 Å². The van der Waals surface area contributed by atoms with E-state index in [9.17, 15) is 27.2 Å². The van der Waals surface area contributed by atoms with E-state index < -0.39 is 35.7 Å². The molecule has 0 bridgehead atoms. The van der Waals surface area contributed by atoms with Crippen molar-refractivity contribution in [2.75, 3.05) is 6.54 Å². The molecular formula is C14H15F4NO3. The summed E-state index contributed by atoms with van der Waals surface area (Å²) in [5.74, 6) is -4.54. The molecule has 3 atom stereocenters. The fourth-order valence-electron chi connectivity index (χ4n) is 2.78. The molecule has 0 aromatic rings. The molecule has 2 rings (SSSR count). The van der Waals surface area contributed by atoms with Gasteiger partial charge in [-0.15, -0.1) is 0 Å². The molecule has 2 aliphatic rings. The largest absolute Gasteiger partial charge is 0.480 e. The van der Waals surface area contributed by atoms with Crippen LogP contribution >= 0.6 is 0 Å². The number of hydrogen-bond donors (Lipinski definition) is 1. The third-order valence-electron chi connectivity index (χ3n) is 3.98. The first-order valence-corrected chi connectivity index (χ1v) is 6.83. The van der Waals surface area contributed by atoms with Gasteiger partial charge >= 0.3 is 12.1 Å². The van der Waals surface area contributed by atoms with Crippen LogP contribution in [0.2, 0.25) is 0 Å². The van der Waals surface area contributed by atoms with E-state index in [1.54, 1.807) is 0 Å². The van der Waals surface area contributed by atoms with E-state index >= 15 is 0 Å². The minimum Gasteiger partial charge on any atom is -0.480 e. The van der Waals surface area contributed by atoms with Gasteiger partial charge in [0.05, 0.1) is 0 Å². The number of piperidine rings is 1. The topological polar surface area (TPSA) is 57.6 Å². The Morgan fingerprint density at radius 2 is 1.91 bits per heavy atom. The van der Waals surface area contributed by atoms with Crippen molar-refractivity contribution in [2.45, 2.75) is 37.1 Å². The van der Waals surface area contributed by atoms with Crippen molar-refractivity contribution in [3.8, 4) is 0 Å². The third-order valence-corrected chi connectivity index (χ3v) is 3.98. The molecule has 0 radical (unpaired) electrons. The molecule has 8 heteroatoms. The number of halogens is 4. The zero-order valence-corrected chi connectivity index (χ0v) is 11.5. The number of allylic oxidation sites excluding steroid dienone is 3. The molecule has 1 amide bonds. The van der Waals surface area contributed by atoms with Crippen LogP contribution in [-0.4, -0.2) is 46.3 Å². The predicted octanol–water partition coefficient (Wildman–Crippen LogP) is 2.46. The zero-order valence-electron chi connectivity index (χ0n) is 11.5. The number of likely N-dealkylation sites (tertiary alicyclic amines) is 1. The standard InChI is InChI=1S/C14H15F4NO3/c15-13(14(16,17)18)7-3-1-5-9(13)11(20)19-8-4-2-6-10(19)12(21)22/h1,3,5,7,9-10H,2,4,6,8H2,(H,21,22). The lowest BCUT2D eigenvalue weighted by Gasteiger charge is -2.39. The molecule has 122 valence electrons. The molecule has 1 aliphatic heterocycles. The minimum atomic E-state index is -5.26. The lowest BCUT2D eigenvalue weighted by atomic mass is 9.83. The van der Waals surface area contributed by atoms with E-state index in [0.29, 0.717) is 18.9 Å². The van der Waals surface area contributed by atoms with E-state index in [1.807, 2.05) is 0 Å². The maximum atomic E-state index is 14.4. The molecule has 4 nitrogen and oxygen atoms in total. The summed E-state index contributed by atoms with van der Waals surface area (Å²) in [4.78, 5) is 24.4. The number of carboxylic acids is 1. The number of carboxylic acid groups (broad SMARTS) is 1. The molecule has 1 N–H and O–H groups in total. The Kier molecular flexibility index (Phi) is 4.30. The van der Waals surface area contributed by atoms with Gasteiger partial charge in [-0.25, -0.2) is 9.18 Å². The second-order valence-corrected chi connectivity index (χ2v) is 5.37. The second-order valence-electron chi connectivity index (χ2n) is 5.37. The first kappa shape index (κ1) is 16.5. The molecule has 1 heterocycles. The number of alkyl halides is 4. The van der Waals surface area contributed by atoms with Crippen LogP contribution in [0.15, 0.2) is 24.3 Å². The molecule has 0 aromatic heterocycles. The van der Waals surface area contributed by atoms with Crippen LogP contribution in [-0.2, 0) is 9.59 Å². The molecule has 0 spiro atoms. The summed E-state index contributed by atoms with van der Waals surface area (Å²) >= 11 is 0. The van der Waals surface area contributed by atoms with Crippen molar-refractivity contribution in [1.82, 2.24) is 4.90 Å². The third kappa shape index (κ3) is 2.74. The number of hydrogen-bond acceptors (Lipinski definition) is 2. The van der Waals surface area contributed by atoms with E-state index in [4.69, 9.17) is 5.11 Å². The number of rotatable bonds is 2. The maximum absolute atomic E-state index is 14.4. The molecular weight excluding hydrogens is 306 g/mol. The summed E-state index contributed by atoms with van der Waals surface area (Å²) in [7, 11) is 0. The van der Waals surface area contributed by atoms with Gasteiger partial charge in [0.2, 0.25) is 11.6 Å². The van der Waals surface area contributed by atoms with Gasteiger partial charge in [-0.3, -0.25) is 4.79 Å². The summed E-state index contributed by atoms with van der Waals surface area (Å²) in [5.41, 5.74) is -3.82. The van der Waals surface area contributed by atoms with Gasteiger partial charge in [-0.2, -0.15) is 13.2 Å². The highest BCUT2D eigenvalue weighted by molar-refractivity contribution is 5.88. The highest BCUT2D eigenvalue weighted by Crippen LogP contribution is 2.44. The average molecular weight is 321 g/mol. The summed E-state index contributed by atoms with van der Waals surface area (Å²) in [6.07, 6.45) is -0.886. The number of carbonyl (C=O) groups is 2. The van der Waals surface area contributed by atoms with Crippen LogP contribution in [0, 0.1) is 5.92 Å². The van der Waals surface area contributed by atoms with Crippen molar-refractivity contribution in [1.29, 1.82) is 0 Å². The Morgan fingerprint density at radius 3 is 2.50 bits per heavy atom. The number of amides is 1. The van der Waals surface area contributed by atoms with Crippen molar-refractivity contribution in [3.05, 3.63) is 24.3 Å². The quantitative estimate of drug-likeness (QED) is 0.795. The van der Waals surface area contributed by atoms with Gasteiger partial charge in [-0.05, 0) is 25.3 Å². The van der Waals surface area contributed by atoms with Gasteiger partial charge in [-0.1, -0.05) is 18.2 Å². The van der Waals surface area contributed by atoms with Crippen LogP contribution < -0.4 is 0 Å². The Hall–Kier alpha value is -1.86. The van der Waals surface area contributed by atoms with Gasteiger partial charge < -0.3 is 10.0 Å². The Morgan fingerprint density at radius 1 is 1.23 bits per heavy atom. The van der Waals surface area contributed by atoms with Crippen molar-refractivity contribution in [3.63, 3.8) is 0 Å². The summed E-state index contributed by atoms with van der Waals surface area (Å²) in [6, 6.07) is -1.21. The monoisotopic (exact) mass is 321 g/mol. The summed E-state index contributed by atoms with van der Waals surface area (Å²) in [6.45, 7) is 0.0117. The SMILES string of the molecule is O=C(O)C1CCCCN1C(=O)C1C=CC=CC1(F)C(F)(F)F. The first-order valence-electron chi connectivity index (χ1n) is 6.83. The Labute approximate surface area is 124 Å². The van der Waals surface area contributed by atoms with E-state index in [-0.39, 0.29) is 13.0 Å². The fraction of sp³-hybridized carbons (Fsp3) is 0.571. The van der Waals surface area contributed by atoms with Gasteiger partial charge in [0.25, 0.3) is 0 Å². The average Bonchev–Trinajstić information content (AvgIpc) is 2.46. The van der Waals surface area contributed by atoms with E-state index in [0.717, 1.165) is 23.1 Å². The number of carbonyl (C=O) groups excluding carboxylic acids is 1. The summed E-state index contributed by atoms with van der Waals surface area (Å²) in [5, 5.41) is 9.10. The minimum absolute atomic E-state index is 0.0117. The first-order chi connectivity index (χ1) is 10.2. The molecule has 1 saturated heterocycles. The smallest absolute Gasteiger partial charge is 0.427 e. The second kappa shape index (κ2) is 5.73. The van der Waals surface area contributed by atoms with Crippen molar-refractivity contribution in [2.24, 2.45) is 5.92 Å². The van der Waals surface area contributed by atoms with Crippen molar-refractivity contribution >= 4 is 11.9 Å². The van der Waals surface area contributed by atoms with Gasteiger partial charge in [0.15, 0.2) is 0 Å².